The highest BCUT2D eigenvalue weighted by atomic mass is 35.5. The van der Waals surface area contributed by atoms with Crippen LogP contribution in [0.1, 0.15) is 23.3 Å². The Morgan fingerprint density at radius 1 is 0.900 bits per heavy atom. The molecule has 60 heavy (non-hydrogen) atoms. The normalized spacial score (nSPS) is 16.1. The van der Waals surface area contributed by atoms with E-state index in [9.17, 15) is 20.0 Å². The Labute approximate surface area is 369 Å². The van der Waals surface area contributed by atoms with Crippen molar-refractivity contribution in [1.82, 2.24) is 14.8 Å². The monoisotopic (exact) mass is 883 g/mol. The molecule has 1 aliphatic carbocycles. The van der Waals surface area contributed by atoms with Gasteiger partial charge in [-0.1, -0.05) is 71.7 Å². The second-order valence-electron chi connectivity index (χ2n) is 14.9. The number of carbonyl (C=O) groups is 1. The highest BCUT2D eigenvalue weighted by Gasteiger charge is 2.31. The summed E-state index contributed by atoms with van der Waals surface area (Å²) in [5.74, 6) is -1.06. The highest BCUT2D eigenvalue weighted by Crippen LogP contribution is 2.43. The van der Waals surface area contributed by atoms with Gasteiger partial charge in [0.1, 0.15) is 16.9 Å². The molecule has 2 atom stereocenters. The maximum Gasteiger partial charge on any atom is 0.353 e. The van der Waals surface area contributed by atoms with Crippen molar-refractivity contribution >= 4 is 69.9 Å². The van der Waals surface area contributed by atoms with Crippen LogP contribution in [0.5, 0.6) is 0 Å². The molecule has 312 valence electrons. The molecule has 0 spiro atoms. The third-order valence-electron chi connectivity index (χ3n) is 10.6. The van der Waals surface area contributed by atoms with Crippen LogP contribution in [0, 0.1) is 10.1 Å². The lowest BCUT2D eigenvalue weighted by atomic mass is 9.96. The second kappa shape index (κ2) is 19.7. The maximum atomic E-state index is 12.6. The number of nitrogens with zero attached hydrogens (tertiary/aromatic N) is 5. The zero-order valence-corrected chi connectivity index (χ0v) is 36.7. The van der Waals surface area contributed by atoms with Gasteiger partial charge in [0.05, 0.1) is 10.3 Å². The summed E-state index contributed by atoms with van der Waals surface area (Å²) in [5, 5.41) is 27.0. The number of allylic oxidation sites excluding steroid dienone is 1. The van der Waals surface area contributed by atoms with Gasteiger partial charge in [-0.3, -0.25) is 15.4 Å². The minimum Gasteiger partial charge on any atom is -0.477 e. The number of hydrogen-bond donors (Lipinski definition) is 3. The molecule has 0 amide bonds. The van der Waals surface area contributed by atoms with Gasteiger partial charge in [0.2, 0.25) is 0 Å². The Morgan fingerprint density at radius 3 is 2.23 bits per heavy atom. The van der Waals surface area contributed by atoms with Gasteiger partial charge >= 0.3 is 5.97 Å². The van der Waals surface area contributed by atoms with Crippen molar-refractivity contribution in [3.8, 4) is 22.3 Å². The van der Waals surface area contributed by atoms with Crippen LogP contribution in [0.4, 0.5) is 17.1 Å². The van der Waals surface area contributed by atoms with Crippen LogP contribution in [-0.2, 0) is 7.05 Å². The molecule has 1 unspecified atom stereocenters. The van der Waals surface area contributed by atoms with Crippen LogP contribution in [0.15, 0.2) is 131 Å². The van der Waals surface area contributed by atoms with Crippen molar-refractivity contribution in [2.75, 3.05) is 61.3 Å². The molecule has 3 N–H and O–H groups in total. The minimum absolute atomic E-state index is 0.0140. The highest BCUT2D eigenvalue weighted by molar-refractivity contribution is 8.04. The van der Waals surface area contributed by atoms with Crippen molar-refractivity contribution in [1.29, 1.82) is 0 Å². The van der Waals surface area contributed by atoms with E-state index in [1.165, 1.54) is 16.5 Å². The first-order chi connectivity index (χ1) is 28.9. The number of piperazine rings is 1. The van der Waals surface area contributed by atoms with E-state index in [0.717, 1.165) is 77.1 Å². The molecule has 0 radical (unpaired) electrons. The van der Waals surface area contributed by atoms with Gasteiger partial charge in [0, 0.05) is 82.3 Å². The molecule has 1 aliphatic heterocycles. The number of halogens is 2. The average molecular weight is 885 g/mol. The summed E-state index contributed by atoms with van der Waals surface area (Å²) in [6.45, 7) is 4.03. The quantitative estimate of drug-likeness (QED) is 0.0289. The fourth-order valence-electron chi connectivity index (χ4n) is 7.51. The van der Waals surface area contributed by atoms with Crippen LogP contribution in [0.25, 0.3) is 22.3 Å². The molecular formula is C45H47Cl2N7O4S2. The summed E-state index contributed by atoms with van der Waals surface area (Å²) in [7, 11) is 5.74. The largest absolute Gasteiger partial charge is 0.477 e. The number of aromatic carboxylic acids is 1. The van der Waals surface area contributed by atoms with Crippen molar-refractivity contribution in [3.05, 3.63) is 152 Å². The van der Waals surface area contributed by atoms with Gasteiger partial charge in [0.25, 0.3) is 5.70 Å². The minimum atomic E-state index is -1.06. The number of aromatic nitrogens is 1. The fraction of sp³-hybridized carbons (Fsp3) is 0.267. The molecule has 11 nitrogen and oxygen atoms in total. The molecule has 0 saturated carbocycles. The molecule has 15 heteroatoms. The van der Waals surface area contributed by atoms with Gasteiger partial charge in [-0.15, -0.1) is 11.8 Å². The Kier molecular flexibility index (Phi) is 14.2. The van der Waals surface area contributed by atoms with Crippen molar-refractivity contribution < 1.29 is 14.8 Å². The van der Waals surface area contributed by atoms with Crippen LogP contribution >= 0.6 is 46.9 Å². The molecule has 4 aromatic carbocycles. The molecule has 2 aliphatic rings. The topological polar surface area (TPSA) is 119 Å². The lowest BCUT2D eigenvalue weighted by Gasteiger charge is -2.37. The Morgan fingerprint density at radius 2 is 1.58 bits per heavy atom. The van der Waals surface area contributed by atoms with E-state index in [4.69, 9.17) is 23.2 Å². The van der Waals surface area contributed by atoms with Gasteiger partial charge in [-0.2, -0.15) is 0 Å². The van der Waals surface area contributed by atoms with Gasteiger partial charge in [0.15, 0.2) is 0 Å². The summed E-state index contributed by atoms with van der Waals surface area (Å²) >= 11 is 16.0. The second-order valence-corrected chi connectivity index (χ2v) is 17.9. The summed E-state index contributed by atoms with van der Waals surface area (Å²) in [6.07, 6.45) is 5.10. The van der Waals surface area contributed by atoms with E-state index in [1.807, 2.05) is 74.8 Å². The van der Waals surface area contributed by atoms with E-state index in [1.54, 1.807) is 37.0 Å². The van der Waals surface area contributed by atoms with Crippen LogP contribution in [-0.4, -0.2) is 83.7 Å². The Bertz CT molecular complexity index is 2370. The van der Waals surface area contributed by atoms with Crippen LogP contribution < -0.4 is 19.8 Å². The van der Waals surface area contributed by atoms with E-state index < -0.39 is 12.0 Å². The summed E-state index contributed by atoms with van der Waals surface area (Å²) in [4.78, 5) is 33.3. The number of hydrogen-bond acceptors (Lipinski definition) is 10. The van der Waals surface area contributed by atoms with Crippen molar-refractivity contribution in [3.63, 3.8) is 0 Å². The number of nitrogens with one attached hydrogen (secondary N) is 2. The lowest BCUT2D eigenvalue weighted by molar-refractivity contribution is -0.430. The predicted molar refractivity (Wildman–Crippen MR) is 249 cm³/mol. The molecule has 5 aromatic rings. The maximum absolute atomic E-state index is 12.6. The van der Waals surface area contributed by atoms with Crippen molar-refractivity contribution in [2.24, 2.45) is 7.05 Å². The number of thioether (sulfide) groups is 1. The summed E-state index contributed by atoms with van der Waals surface area (Å²) in [6, 6.07) is 33.2. The van der Waals surface area contributed by atoms with Crippen LogP contribution in [0.2, 0.25) is 10.2 Å². The molecule has 0 bridgehead atoms. The average Bonchev–Trinajstić information content (AvgIpc) is 3.52. The SMILES string of the molecule is CN(C)CC[C@@H](NC1CC=C(SNc2ccc(N3CCN(c4cccc(-c5c(-c6ccc(Cl)cc6)c(Cl)n(C)c5C(=O)O)c4)CC3)cc2)C=C1[N+](=O)[O-])Sc1ccccc1. The van der Waals surface area contributed by atoms with E-state index in [-0.39, 0.29) is 21.7 Å². The number of benzene rings is 4. The van der Waals surface area contributed by atoms with Crippen molar-refractivity contribution in [2.45, 2.75) is 29.2 Å². The predicted octanol–water partition coefficient (Wildman–Crippen LogP) is 10.2. The van der Waals surface area contributed by atoms with Gasteiger partial charge < -0.3 is 29.1 Å². The molecule has 1 saturated heterocycles. The van der Waals surface area contributed by atoms with E-state index in [2.05, 4.69) is 61.1 Å². The summed E-state index contributed by atoms with van der Waals surface area (Å²) < 4.78 is 4.90. The van der Waals surface area contributed by atoms with E-state index in [0.29, 0.717) is 27.7 Å². The first-order valence-corrected chi connectivity index (χ1v) is 22.1. The van der Waals surface area contributed by atoms with Gasteiger partial charge in [-0.25, -0.2) is 4.79 Å². The fourth-order valence-corrected chi connectivity index (χ4v) is 9.75. The first kappa shape index (κ1) is 43.2. The molecule has 1 aromatic heterocycles. The smallest absolute Gasteiger partial charge is 0.353 e. The molecule has 7 rings (SSSR count). The van der Waals surface area contributed by atoms with Gasteiger partial charge in [-0.05, 0) is 117 Å². The zero-order chi connectivity index (χ0) is 42.3. The summed E-state index contributed by atoms with van der Waals surface area (Å²) in [5.41, 5.74) is 6.08. The molecule has 1 fully saturated rings. The Balaban J connectivity index is 0.962. The third-order valence-corrected chi connectivity index (χ3v) is 13.4. The van der Waals surface area contributed by atoms with E-state index >= 15 is 0 Å². The standard InChI is InChI=1S/C45H47Cl2N7O4S2/c1-50(2)23-22-40(59-36-10-5-4-6-11-36)48-38-21-20-37(29-39(38)54(57)58)60-49-33-16-18-34(19-17-33)52-24-26-53(27-25-52)35-9-7-8-31(28-35)41-42(30-12-14-32(46)15-13-30)44(47)51(3)43(41)45(55)56/h4-20,28-29,38,40,48-49H,21-27H2,1-3H3,(H,55,56)/t38?,40-/m0/s1. The molecule has 2 heterocycles. The number of carboxylic acid groups (broad SMARTS) is 1. The number of rotatable bonds is 16. The third kappa shape index (κ3) is 10.3. The zero-order valence-electron chi connectivity index (χ0n) is 33.6. The molecular weight excluding hydrogens is 838 g/mol. The Hall–Kier alpha value is -4.89. The number of carboxylic acids is 1. The number of anilines is 3. The first-order valence-electron chi connectivity index (χ1n) is 19.6. The number of nitro groups is 1. The van der Waals surface area contributed by atoms with Crippen LogP contribution in [0.3, 0.4) is 0 Å². The lowest BCUT2D eigenvalue weighted by Crippen LogP contribution is -2.46.